The van der Waals surface area contributed by atoms with Gasteiger partial charge < -0.3 is 19.3 Å². The van der Waals surface area contributed by atoms with Gasteiger partial charge in [-0.25, -0.2) is 4.57 Å². The molecular weight excluding hydrogens is 748 g/mol. The van der Waals surface area contributed by atoms with Gasteiger partial charge in [0.25, 0.3) is 0 Å². The Hall–Kier alpha value is -1.73. The zero-order chi connectivity index (χ0) is 42.5. The number of carbonyl (C=O) groups excluding carboxylic acids is 2. The zero-order valence-corrected chi connectivity index (χ0v) is 38.6. The predicted octanol–water partition coefficient (Wildman–Crippen LogP) is 15.3. The monoisotopic (exact) mass is 839 g/mol. The Labute approximate surface area is 357 Å². The van der Waals surface area contributed by atoms with E-state index in [9.17, 15) is 14.2 Å². The third kappa shape index (κ3) is 47.0. The van der Waals surface area contributed by atoms with Crippen LogP contribution in [-0.2, 0) is 28.2 Å². The van der Waals surface area contributed by atoms with Crippen molar-refractivity contribution in [3.8, 4) is 0 Å². The third-order valence-electron chi connectivity index (χ3n) is 10.6. The average molecular weight is 839 g/mol. The van der Waals surface area contributed by atoms with E-state index in [4.69, 9.17) is 19.3 Å². The van der Waals surface area contributed by atoms with E-state index in [2.05, 4.69) is 54.8 Å². The highest BCUT2D eigenvalue weighted by Gasteiger charge is 2.23. The van der Waals surface area contributed by atoms with Crippen molar-refractivity contribution >= 4 is 19.8 Å². The molecule has 0 saturated heterocycles. The Morgan fingerprint density at radius 1 is 0.448 bits per heavy atom. The summed E-state index contributed by atoms with van der Waals surface area (Å²) in [5.74, 6) is -0.884. The van der Waals surface area contributed by atoms with E-state index in [1.807, 2.05) is 0 Å². The highest BCUT2D eigenvalue weighted by atomic mass is 31.2. The number of rotatable bonds is 45. The van der Waals surface area contributed by atoms with E-state index >= 15 is 0 Å². The number of phosphoric ester groups is 1. The lowest BCUT2D eigenvalue weighted by Gasteiger charge is -2.18. The average Bonchev–Trinajstić information content (AvgIpc) is 3.20. The molecule has 0 aromatic carbocycles. The van der Waals surface area contributed by atoms with Crippen LogP contribution in [0, 0.1) is 0 Å². The van der Waals surface area contributed by atoms with E-state index < -0.39 is 32.5 Å². The number of carbonyl (C=O) groups is 2. The first-order chi connectivity index (χ1) is 28.3. The third-order valence-corrected chi connectivity index (χ3v) is 11.1. The Kier molecular flexibility index (Phi) is 43.5. The molecule has 0 aromatic rings. The van der Waals surface area contributed by atoms with Crippen molar-refractivity contribution in [2.24, 2.45) is 0 Å². The molecule has 8 nitrogen and oxygen atoms in total. The highest BCUT2D eigenvalue weighted by Crippen LogP contribution is 2.36. The second-order valence-electron chi connectivity index (χ2n) is 16.4. The van der Waals surface area contributed by atoms with Crippen LogP contribution in [0.5, 0.6) is 0 Å². The largest absolute Gasteiger partial charge is 0.469 e. The van der Waals surface area contributed by atoms with Crippen molar-refractivity contribution in [2.75, 3.05) is 13.2 Å². The van der Waals surface area contributed by atoms with E-state index in [1.165, 1.54) is 154 Å². The summed E-state index contributed by atoms with van der Waals surface area (Å²) in [5.41, 5.74) is 0. The second-order valence-corrected chi connectivity index (χ2v) is 17.7. The quantitative estimate of drug-likeness (QED) is 0.0269. The molecule has 0 heterocycles. The molecular formula is C49H91O8P. The van der Waals surface area contributed by atoms with Gasteiger partial charge in [-0.2, -0.15) is 0 Å². The van der Waals surface area contributed by atoms with Crippen LogP contribution in [0.25, 0.3) is 0 Å². The van der Waals surface area contributed by atoms with Gasteiger partial charge in [0, 0.05) is 12.8 Å². The van der Waals surface area contributed by atoms with Gasteiger partial charge in [-0.05, 0) is 70.6 Å². The Morgan fingerprint density at radius 2 is 0.776 bits per heavy atom. The van der Waals surface area contributed by atoms with Crippen molar-refractivity contribution in [3.63, 3.8) is 0 Å². The minimum Gasteiger partial charge on any atom is -0.462 e. The maximum Gasteiger partial charge on any atom is 0.469 e. The van der Waals surface area contributed by atoms with Gasteiger partial charge in [-0.15, -0.1) is 0 Å². The molecule has 2 N–H and O–H groups in total. The Bertz CT molecular complexity index is 1040. The number of allylic oxidation sites excluding steroid dienone is 6. The molecule has 1 atom stereocenters. The molecule has 0 saturated carbocycles. The number of ether oxygens (including phenoxy) is 2. The van der Waals surface area contributed by atoms with Gasteiger partial charge in [-0.3, -0.25) is 14.1 Å². The van der Waals surface area contributed by atoms with E-state index in [1.54, 1.807) is 0 Å². The fourth-order valence-electron chi connectivity index (χ4n) is 6.99. The molecule has 0 fully saturated rings. The first-order valence-electron chi connectivity index (χ1n) is 24.3. The summed E-state index contributed by atoms with van der Waals surface area (Å²) in [5, 5.41) is 0. The van der Waals surface area contributed by atoms with Crippen molar-refractivity contribution < 1.29 is 37.9 Å². The van der Waals surface area contributed by atoms with Crippen molar-refractivity contribution in [1.82, 2.24) is 0 Å². The van der Waals surface area contributed by atoms with E-state index in [0.717, 1.165) is 57.8 Å². The van der Waals surface area contributed by atoms with Crippen LogP contribution in [0.15, 0.2) is 36.5 Å². The standard InChI is InChI=1S/C49H91O8P/c1-3-5-7-9-11-13-15-17-19-21-22-23-24-25-26-28-30-32-34-36-38-40-42-44-49(51)57-47(46-56-58(52,53)54)45-55-48(50)43-41-39-37-35-33-31-29-27-20-18-16-14-12-10-8-6-4-2/h15,17-18,20-22,47H,3-14,16,19,23-46H2,1-2H3,(H2,52,53,54)/b17-15-,20-18-,22-21-. The van der Waals surface area contributed by atoms with Crippen LogP contribution in [0.3, 0.4) is 0 Å². The molecule has 0 aliphatic carbocycles. The molecule has 340 valence electrons. The lowest BCUT2D eigenvalue weighted by molar-refractivity contribution is -0.161. The van der Waals surface area contributed by atoms with Crippen molar-refractivity contribution in [1.29, 1.82) is 0 Å². The Balaban J connectivity index is 3.84. The maximum absolute atomic E-state index is 12.5. The van der Waals surface area contributed by atoms with Gasteiger partial charge in [0.2, 0.25) is 0 Å². The zero-order valence-electron chi connectivity index (χ0n) is 37.7. The molecule has 0 aliphatic heterocycles. The molecule has 0 radical (unpaired) electrons. The number of esters is 2. The van der Waals surface area contributed by atoms with Gasteiger partial charge in [0.1, 0.15) is 6.61 Å². The molecule has 0 bridgehead atoms. The van der Waals surface area contributed by atoms with Gasteiger partial charge in [-0.1, -0.05) is 198 Å². The van der Waals surface area contributed by atoms with Gasteiger partial charge in [0.05, 0.1) is 6.61 Å². The maximum atomic E-state index is 12.5. The molecule has 58 heavy (non-hydrogen) atoms. The number of hydrogen-bond donors (Lipinski definition) is 2. The first kappa shape index (κ1) is 56.3. The van der Waals surface area contributed by atoms with Crippen molar-refractivity contribution in [3.05, 3.63) is 36.5 Å². The summed E-state index contributed by atoms with van der Waals surface area (Å²) < 4.78 is 26.5. The molecule has 0 rings (SSSR count). The Morgan fingerprint density at radius 3 is 1.16 bits per heavy atom. The summed E-state index contributed by atoms with van der Waals surface area (Å²) >= 11 is 0. The lowest BCUT2D eigenvalue weighted by Crippen LogP contribution is -2.29. The first-order valence-corrected chi connectivity index (χ1v) is 25.8. The molecule has 0 aromatic heterocycles. The summed E-state index contributed by atoms with van der Waals surface area (Å²) in [6, 6.07) is 0. The van der Waals surface area contributed by atoms with Crippen LogP contribution in [-0.4, -0.2) is 41.0 Å². The summed E-state index contributed by atoms with van der Waals surface area (Å²) in [7, 11) is -4.76. The SMILES string of the molecule is CCCCCCC/C=C\C/C=C\CCCCCCCCCCCCCC(=O)OC(COC(=O)CCCCCCCCC/C=C\CCCCCCCC)COP(=O)(O)O. The molecule has 9 heteroatoms. The van der Waals surface area contributed by atoms with Crippen LogP contribution in [0.2, 0.25) is 0 Å². The minimum absolute atomic E-state index is 0.210. The van der Waals surface area contributed by atoms with Crippen LogP contribution in [0.1, 0.15) is 245 Å². The van der Waals surface area contributed by atoms with Gasteiger partial charge >= 0.3 is 19.8 Å². The van der Waals surface area contributed by atoms with Gasteiger partial charge in [0.15, 0.2) is 6.10 Å². The number of hydrogen-bond acceptors (Lipinski definition) is 6. The lowest BCUT2D eigenvalue weighted by atomic mass is 10.0. The molecule has 1 unspecified atom stereocenters. The molecule has 0 spiro atoms. The van der Waals surface area contributed by atoms with Crippen LogP contribution in [0.4, 0.5) is 0 Å². The smallest absolute Gasteiger partial charge is 0.462 e. The highest BCUT2D eigenvalue weighted by molar-refractivity contribution is 7.46. The summed E-state index contributed by atoms with van der Waals surface area (Å²) in [4.78, 5) is 43.0. The van der Waals surface area contributed by atoms with Crippen LogP contribution < -0.4 is 0 Å². The fourth-order valence-corrected chi connectivity index (χ4v) is 7.35. The predicted molar refractivity (Wildman–Crippen MR) is 244 cm³/mol. The second kappa shape index (κ2) is 44.8. The normalized spacial score (nSPS) is 12.7. The van der Waals surface area contributed by atoms with Crippen LogP contribution >= 0.6 is 7.82 Å². The number of phosphoric acid groups is 1. The molecule has 0 amide bonds. The van der Waals surface area contributed by atoms with Crippen molar-refractivity contribution in [2.45, 2.75) is 251 Å². The van der Waals surface area contributed by atoms with E-state index in [-0.39, 0.29) is 19.4 Å². The summed E-state index contributed by atoms with van der Waals surface area (Å²) in [6.07, 6.45) is 54.4. The van der Waals surface area contributed by atoms with E-state index in [0.29, 0.717) is 6.42 Å². The minimum atomic E-state index is -4.76. The fraction of sp³-hybridized carbons (Fsp3) is 0.837. The number of unbranched alkanes of at least 4 members (excludes halogenated alkanes) is 29. The molecule has 0 aliphatic rings. The topological polar surface area (TPSA) is 119 Å². The summed E-state index contributed by atoms with van der Waals surface area (Å²) in [6.45, 7) is 3.70.